The second kappa shape index (κ2) is 5.44. The molecule has 2 rings (SSSR count). The standard InChI is InChI=1S/C13H18N4O3/c1-6-19-13(18)12-15-14-10(5)17(12)8(3)11-7(2)16-20-9(11)4/h8H,6H2,1-5H3. The average molecular weight is 278 g/mol. The fraction of sp³-hybridized carbons (Fsp3) is 0.538. The molecule has 0 spiro atoms. The molecule has 1 atom stereocenters. The zero-order valence-electron chi connectivity index (χ0n) is 12.3. The zero-order valence-corrected chi connectivity index (χ0v) is 12.3. The van der Waals surface area contributed by atoms with Crippen LogP contribution >= 0.6 is 0 Å². The lowest BCUT2D eigenvalue weighted by Crippen LogP contribution is -2.18. The van der Waals surface area contributed by atoms with Crippen LogP contribution in [0.1, 0.15) is 53.4 Å². The summed E-state index contributed by atoms with van der Waals surface area (Å²) in [6.07, 6.45) is 0. The second-order valence-electron chi connectivity index (χ2n) is 4.58. The minimum atomic E-state index is -0.480. The molecule has 1 unspecified atom stereocenters. The summed E-state index contributed by atoms with van der Waals surface area (Å²) in [7, 11) is 0. The molecule has 2 heterocycles. The van der Waals surface area contributed by atoms with Gasteiger partial charge in [0.15, 0.2) is 0 Å². The van der Waals surface area contributed by atoms with Gasteiger partial charge in [0.25, 0.3) is 0 Å². The summed E-state index contributed by atoms with van der Waals surface area (Å²) in [5, 5.41) is 11.8. The molecule has 20 heavy (non-hydrogen) atoms. The van der Waals surface area contributed by atoms with E-state index in [0.29, 0.717) is 12.4 Å². The van der Waals surface area contributed by atoms with Gasteiger partial charge in [-0.25, -0.2) is 4.79 Å². The number of carbonyl (C=O) groups excluding carboxylic acids is 1. The number of hydrogen-bond acceptors (Lipinski definition) is 6. The van der Waals surface area contributed by atoms with E-state index in [9.17, 15) is 4.79 Å². The predicted octanol–water partition coefficient (Wildman–Crippen LogP) is 1.98. The molecule has 0 aliphatic rings. The van der Waals surface area contributed by atoms with E-state index in [-0.39, 0.29) is 11.9 Å². The molecule has 2 aromatic rings. The molecule has 108 valence electrons. The van der Waals surface area contributed by atoms with Gasteiger partial charge >= 0.3 is 5.97 Å². The van der Waals surface area contributed by atoms with Gasteiger partial charge in [-0.2, -0.15) is 0 Å². The molecule has 0 fully saturated rings. The average Bonchev–Trinajstić information content (AvgIpc) is 2.93. The Kier molecular flexibility index (Phi) is 3.87. The first-order valence-corrected chi connectivity index (χ1v) is 6.48. The van der Waals surface area contributed by atoms with Gasteiger partial charge in [-0.15, -0.1) is 10.2 Å². The van der Waals surface area contributed by atoms with Crippen molar-refractivity contribution in [3.05, 3.63) is 28.7 Å². The normalized spacial score (nSPS) is 12.4. The number of aromatic nitrogens is 4. The third kappa shape index (κ3) is 2.31. The van der Waals surface area contributed by atoms with Crippen molar-refractivity contribution < 1.29 is 14.1 Å². The third-order valence-corrected chi connectivity index (χ3v) is 3.22. The largest absolute Gasteiger partial charge is 0.460 e. The van der Waals surface area contributed by atoms with Crippen LogP contribution in [0, 0.1) is 20.8 Å². The number of nitrogens with zero attached hydrogens (tertiary/aromatic N) is 4. The highest BCUT2D eigenvalue weighted by Crippen LogP contribution is 2.26. The zero-order chi connectivity index (χ0) is 14.9. The number of hydrogen-bond donors (Lipinski definition) is 0. The van der Waals surface area contributed by atoms with Crippen LogP contribution in [0.25, 0.3) is 0 Å². The van der Waals surface area contributed by atoms with Gasteiger partial charge < -0.3 is 9.26 Å². The first kappa shape index (κ1) is 14.2. The van der Waals surface area contributed by atoms with E-state index in [2.05, 4.69) is 15.4 Å². The highest BCUT2D eigenvalue weighted by atomic mass is 16.5. The Morgan fingerprint density at radius 2 is 2.05 bits per heavy atom. The van der Waals surface area contributed by atoms with Crippen LogP contribution in [0.4, 0.5) is 0 Å². The number of carbonyl (C=O) groups is 1. The maximum absolute atomic E-state index is 11.9. The van der Waals surface area contributed by atoms with Crippen LogP contribution in [-0.4, -0.2) is 32.5 Å². The lowest BCUT2D eigenvalue weighted by Gasteiger charge is -2.16. The summed E-state index contributed by atoms with van der Waals surface area (Å²) < 4.78 is 11.9. The van der Waals surface area contributed by atoms with Gasteiger partial charge in [0, 0.05) is 5.56 Å². The quantitative estimate of drug-likeness (QED) is 0.795. The SMILES string of the molecule is CCOC(=O)c1nnc(C)n1C(C)c1c(C)noc1C. The van der Waals surface area contributed by atoms with E-state index in [0.717, 1.165) is 17.0 Å². The summed E-state index contributed by atoms with van der Waals surface area (Å²) >= 11 is 0. The van der Waals surface area contributed by atoms with Gasteiger partial charge in [0.05, 0.1) is 18.3 Å². The summed E-state index contributed by atoms with van der Waals surface area (Å²) in [4.78, 5) is 11.9. The van der Waals surface area contributed by atoms with Crippen LogP contribution in [-0.2, 0) is 4.74 Å². The van der Waals surface area contributed by atoms with Crippen molar-refractivity contribution in [1.82, 2.24) is 19.9 Å². The number of ether oxygens (including phenoxy) is 1. The predicted molar refractivity (Wildman–Crippen MR) is 70.5 cm³/mol. The third-order valence-electron chi connectivity index (χ3n) is 3.22. The highest BCUT2D eigenvalue weighted by molar-refractivity contribution is 5.85. The molecule has 0 amide bonds. The van der Waals surface area contributed by atoms with E-state index in [1.807, 2.05) is 20.8 Å². The molecule has 0 bridgehead atoms. The maximum atomic E-state index is 11.9. The second-order valence-corrected chi connectivity index (χ2v) is 4.58. The van der Waals surface area contributed by atoms with Crippen molar-refractivity contribution in [2.45, 2.75) is 40.7 Å². The molecule has 0 N–H and O–H groups in total. The molecule has 0 saturated carbocycles. The van der Waals surface area contributed by atoms with E-state index in [4.69, 9.17) is 9.26 Å². The van der Waals surface area contributed by atoms with Crippen molar-refractivity contribution in [1.29, 1.82) is 0 Å². The first-order valence-electron chi connectivity index (χ1n) is 6.48. The minimum absolute atomic E-state index is 0.157. The van der Waals surface area contributed by atoms with Crippen molar-refractivity contribution in [3.63, 3.8) is 0 Å². The van der Waals surface area contributed by atoms with Crippen LogP contribution in [0.3, 0.4) is 0 Å². The number of aryl methyl sites for hydroxylation is 3. The Morgan fingerprint density at radius 1 is 1.35 bits per heavy atom. The number of rotatable bonds is 4. The van der Waals surface area contributed by atoms with Crippen molar-refractivity contribution in [3.8, 4) is 0 Å². The lowest BCUT2D eigenvalue weighted by molar-refractivity contribution is 0.0504. The van der Waals surface area contributed by atoms with Crippen molar-refractivity contribution in [2.75, 3.05) is 6.61 Å². The Morgan fingerprint density at radius 3 is 2.60 bits per heavy atom. The Bertz CT molecular complexity index is 610. The van der Waals surface area contributed by atoms with Crippen LogP contribution in [0.5, 0.6) is 0 Å². The van der Waals surface area contributed by atoms with Gasteiger partial charge in [0.1, 0.15) is 11.6 Å². The Balaban J connectivity index is 2.47. The Labute approximate surface area is 116 Å². The van der Waals surface area contributed by atoms with Gasteiger partial charge in [0.2, 0.25) is 5.82 Å². The van der Waals surface area contributed by atoms with Gasteiger partial charge in [-0.1, -0.05) is 5.16 Å². The van der Waals surface area contributed by atoms with E-state index in [1.54, 1.807) is 18.4 Å². The molecule has 2 aromatic heterocycles. The molecule has 0 radical (unpaired) electrons. The van der Waals surface area contributed by atoms with Crippen LogP contribution in [0.15, 0.2) is 4.52 Å². The smallest absolute Gasteiger partial charge is 0.376 e. The lowest BCUT2D eigenvalue weighted by atomic mass is 10.1. The number of esters is 1. The van der Waals surface area contributed by atoms with E-state index < -0.39 is 5.97 Å². The van der Waals surface area contributed by atoms with Crippen LogP contribution < -0.4 is 0 Å². The molecular formula is C13H18N4O3. The first-order chi connectivity index (χ1) is 9.47. The van der Waals surface area contributed by atoms with Crippen molar-refractivity contribution >= 4 is 5.97 Å². The highest BCUT2D eigenvalue weighted by Gasteiger charge is 2.26. The summed E-state index contributed by atoms with van der Waals surface area (Å²) in [5.74, 6) is 1.07. The van der Waals surface area contributed by atoms with Crippen LogP contribution in [0.2, 0.25) is 0 Å². The molecule has 0 aliphatic carbocycles. The van der Waals surface area contributed by atoms with E-state index >= 15 is 0 Å². The van der Waals surface area contributed by atoms with E-state index in [1.165, 1.54) is 0 Å². The Hall–Kier alpha value is -2.18. The maximum Gasteiger partial charge on any atom is 0.376 e. The fourth-order valence-corrected chi connectivity index (χ4v) is 2.38. The minimum Gasteiger partial charge on any atom is -0.460 e. The summed E-state index contributed by atoms with van der Waals surface area (Å²) in [5.41, 5.74) is 1.72. The molecular weight excluding hydrogens is 260 g/mol. The summed E-state index contributed by atoms with van der Waals surface area (Å²) in [6.45, 7) is 9.51. The molecule has 0 aromatic carbocycles. The molecule has 7 heteroatoms. The van der Waals surface area contributed by atoms with Gasteiger partial charge in [-0.3, -0.25) is 4.57 Å². The van der Waals surface area contributed by atoms with Crippen molar-refractivity contribution in [2.24, 2.45) is 0 Å². The topological polar surface area (TPSA) is 83.0 Å². The molecule has 7 nitrogen and oxygen atoms in total. The summed E-state index contributed by atoms with van der Waals surface area (Å²) in [6, 6.07) is -0.157. The monoisotopic (exact) mass is 278 g/mol. The molecule has 0 aliphatic heterocycles. The van der Waals surface area contributed by atoms with Gasteiger partial charge in [-0.05, 0) is 34.6 Å². The fourth-order valence-electron chi connectivity index (χ4n) is 2.38. The molecule has 0 saturated heterocycles.